The van der Waals surface area contributed by atoms with Gasteiger partial charge in [0.2, 0.25) is 0 Å². The van der Waals surface area contributed by atoms with Gasteiger partial charge in [0.25, 0.3) is 0 Å². The SMILES string of the molecule is O=C(O)CC(=Cc1ccc(-c2ccccc2)cc1)c1nc2ccccc2s1. The van der Waals surface area contributed by atoms with Gasteiger partial charge in [-0.25, -0.2) is 4.98 Å². The lowest BCUT2D eigenvalue weighted by molar-refractivity contribution is -0.135. The first-order chi connectivity index (χ1) is 13.2. The molecule has 1 aromatic heterocycles. The van der Waals surface area contributed by atoms with Crippen LogP contribution < -0.4 is 0 Å². The summed E-state index contributed by atoms with van der Waals surface area (Å²) in [5.41, 5.74) is 4.87. The van der Waals surface area contributed by atoms with Crippen LogP contribution in [0.2, 0.25) is 0 Å². The topological polar surface area (TPSA) is 50.2 Å². The number of nitrogens with zero attached hydrogens (tertiary/aromatic N) is 1. The van der Waals surface area contributed by atoms with E-state index in [1.54, 1.807) is 0 Å². The predicted octanol–water partition coefficient (Wildman–Crippen LogP) is 5.98. The Labute approximate surface area is 161 Å². The minimum atomic E-state index is -0.860. The average Bonchev–Trinajstić information content (AvgIpc) is 3.13. The number of aliphatic carboxylic acids is 1. The van der Waals surface area contributed by atoms with Crippen LogP contribution in [0.4, 0.5) is 0 Å². The maximum Gasteiger partial charge on any atom is 0.307 e. The van der Waals surface area contributed by atoms with Crippen LogP contribution in [0.25, 0.3) is 33.0 Å². The number of carboxylic acids is 1. The van der Waals surface area contributed by atoms with Crippen LogP contribution in [0.1, 0.15) is 17.0 Å². The molecule has 0 aliphatic carbocycles. The van der Waals surface area contributed by atoms with E-state index in [0.29, 0.717) is 0 Å². The van der Waals surface area contributed by atoms with Gasteiger partial charge in [-0.1, -0.05) is 66.7 Å². The van der Waals surface area contributed by atoms with Crippen molar-refractivity contribution >= 4 is 39.2 Å². The zero-order valence-corrected chi connectivity index (χ0v) is 15.3. The zero-order chi connectivity index (χ0) is 18.6. The lowest BCUT2D eigenvalue weighted by Gasteiger charge is -2.04. The summed E-state index contributed by atoms with van der Waals surface area (Å²) in [5.74, 6) is -0.860. The summed E-state index contributed by atoms with van der Waals surface area (Å²) < 4.78 is 1.06. The average molecular weight is 371 g/mol. The van der Waals surface area contributed by atoms with Gasteiger partial charge < -0.3 is 5.11 Å². The van der Waals surface area contributed by atoms with E-state index >= 15 is 0 Å². The second kappa shape index (κ2) is 7.56. The molecular weight excluding hydrogens is 354 g/mol. The number of rotatable bonds is 5. The number of carbonyl (C=O) groups is 1. The molecule has 1 N–H and O–H groups in total. The third kappa shape index (κ3) is 3.96. The highest BCUT2D eigenvalue weighted by atomic mass is 32.1. The molecule has 3 aromatic carbocycles. The quantitative estimate of drug-likeness (QED) is 0.469. The molecule has 0 spiro atoms. The van der Waals surface area contributed by atoms with Crippen molar-refractivity contribution in [3.05, 3.63) is 89.4 Å². The summed E-state index contributed by atoms with van der Waals surface area (Å²) >= 11 is 1.52. The van der Waals surface area contributed by atoms with E-state index in [0.717, 1.165) is 37.5 Å². The highest BCUT2D eigenvalue weighted by Gasteiger charge is 2.12. The molecule has 0 aliphatic rings. The van der Waals surface area contributed by atoms with Gasteiger partial charge in [-0.3, -0.25) is 4.79 Å². The highest BCUT2D eigenvalue weighted by Crippen LogP contribution is 2.30. The van der Waals surface area contributed by atoms with Gasteiger partial charge >= 0.3 is 5.97 Å². The van der Waals surface area contributed by atoms with E-state index < -0.39 is 5.97 Å². The van der Waals surface area contributed by atoms with Crippen LogP contribution in [0.5, 0.6) is 0 Å². The zero-order valence-electron chi connectivity index (χ0n) is 14.5. The van der Waals surface area contributed by atoms with Gasteiger partial charge in [0.05, 0.1) is 16.6 Å². The lowest BCUT2D eigenvalue weighted by Crippen LogP contribution is -1.97. The van der Waals surface area contributed by atoms with E-state index in [9.17, 15) is 9.90 Å². The standard InChI is InChI=1S/C23H17NO2S/c25-22(26)15-19(23-24-20-8-4-5-9-21(20)27-23)14-16-10-12-18(13-11-16)17-6-2-1-3-7-17/h1-14H,15H2,(H,25,26). The Hall–Kier alpha value is -3.24. The summed E-state index contributed by atoms with van der Waals surface area (Å²) in [6, 6.07) is 26.2. The van der Waals surface area contributed by atoms with Gasteiger partial charge in [0, 0.05) is 0 Å². The third-order valence-electron chi connectivity index (χ3n) is 4.27. The van der Waals surface area contributed by atoms with E-state index in [-0.39, 0.29) is 6.42 Å². The number of fused-ring (bicyclic) bond motifs is 1. The Morgan fingerprint density at radius 3 is 2.26 bits per heavy atom. The summed E-state index contributed by atoms with van der Waals surface area (Å²) in [6.45, 7) is 0. The smallest absolute Gasteiger partial charge is 0.307 e. The Balaban J connectivity index is 1.69. The van der Waals surface area contributed by atoms with Crippen LogP contribution in [0.3, 0.4) is 0 Å². The second-order valence-electron chi connectivity index (χ2n) is 6.21. The molecule has 0 fully saturated rings. The summed E-state index contributed by atoms with van der Waals surface area (Å²) in [7, 11) is 0. The van der Waals surface area contributed by atoms with Gasteiger partial charge in [-0.05, 0) is 40.5 Å². The van der Waals surface area contributed by atoms with Crippen molar-refractivity contribution < 1.29 is 9.90 Å². The summed E-state index contributed by atoms with van der Waals surface area (Å²) in [4.78, 5) is 16.0. The number of aromatic nitrogens is 1. The first-order valence-corrected chi connectivity index (χ1v) is 9.44. The number of hydrogen-bond donors (Lipinski definition) is 1. The van der Waals surface area contributed by atoms with Gasteiger partial charge in [-0.2, -0.15) is 0 Å². The Morgan fingerprint density at radius 1 is 0.889 bits per heavy atom. The van der Waals surface area contributed by atoms with Gasteiger partial charge in [0.1, 0.15) is 5.01 Å². The fraction of sp³-hybridized carbons (Fsp3) is 0.0435. The van der Waals surface area contributed by atoms with Gasteiger partial charge in [-0.15, -0.1) is 11.3 Å². The number of para-hydroxylation sites is 1. The molecule has 0 radical (unpaired) electrons. The molecule has 4 heteroatoms. The fourth-order valence-corrected chi connectivity index (χ4v) is 3.94. The predicted molar refractivity (Wildman–Crippen MR) is 112 cm³/mol. The van der Waals surface area contributed by atoms with Crippen molar-refractivity contribution in [2.45, 2.75) is 6.42 Å². The number of thiazole rings is 1. The lowest BCUT2D eigenvalue weighted by atomic mass is 10.0. The molecule has 0 amide bonds. The van der Waals surface area contributed by atoms with Crippen molar-refractivity contribution in [3.8, 4) is 11.1 Å². The molecule has 3 nitrogen and oxygen atoms in total. The normalized spacial score (nSPS) is 11.6. The Morgan fingerprint density at radius 2 is 1.56 bits per heavy atom. The van der Waals surface area contributed by atoms with Crippen molar-refractivity contribution in [2.24, 2.45) is 0 Å². The Kier molecular flexibility index (Phi) is 4.81. The molecule has 0 unspecified atom stereocenters. The maximum atomic E-state index is 11.4. The van der Waals surface area contributed by atoms with Crippen molar-refractivity contribution in [2.75, 3.05) is 0 Å². The molecule has 4 aromatic rings. The fourth-order valence-electron chi connectivity index (χ4n) is 2.96. The molecule has 4 rings (SSSR count). The number of hydrogen-bond acceptors (Lipinski definition) is 3. The van der Waals surface area contributed by atoms with Crippen LogP contribution in [0, 0.1) is 0 Å². The second-order valence-corrected chi connectivity index (χ2v) is 7.25. The Bertz CT molecular complexity index is 1080. The molecule has 0 saturated carbocycles. The number of carboxylic acid groups (broad SMARTS) is 1. The minimum Gasteiger partial charge on any atom is -0.481 e. The molecule has 0 aliphatic heterocycles. The van der Waals surface area contributed by atoms with Crippen LogP contribution in [-0.4, -0.2) is 16.1 Å². The monoisotopic (exact) mass is 371 g/mol. The third-order valence-corrected chi connectivity index (χ3v) is 5.38. The maximum absolute atomic E-state index is 11.4. The van der Waals surface area contributed by atoms with Crippen molar-refractivity contribution in [1.29, 1.82) is 0 Å². The molecule has 132 valence electrons. The van der Waals surface area contributed by atoms with Crippen LogP contribution in [-0.2, 0) is 4.79 Å². The van der Waals surface area contributed by atoms with Crippen molar-refractivity contribution in [1.82, 2.24) is 4.98 Å². The molecule has 27 heavy (non-hydrogen) atoms. The number of benzene rings is 3. The first-order valence-electron chi connectivity index (χ1n) is 8.63. The first kappa shape index (κ1) is 17.2. The van der Waals surface area contributed by atoms with E-state index in [4.69, 9.17) is 0 Å². The summed E-state index contributed by atoms with van der Waals surface area (Å²) in [5, 5.41) is 10.1. The molecule has 0 atom stereocenters. The molecular formula is C23H17NO2S. The van der Waals surface area contributed by atoms with Gasteiger partial charge in [0.15, 0.2) is 0 Å². The minimum absolute atomic E-state index is 0.0553. The molecule has 0 saturated heterocycles. The highest BCUT2D eigenvalue weighted by molar-refractivity contribution is 7.19. The van der Waals surface area contributed by atoms with E-state index in [2.05, 4.69) is 29.2 Å². The molecule has 1 heterocycles. The van der Waals surface area contributed by atoms with Crippen LogP contribution in [0.15, 0.2) is 78.9 Å². The van der Waals surface area contributed by atoms with E-state index in [1.165, 1.54) is 11.3 Å². The molecule has 0 bridgehead atoms. The summed E-state index contributed by atoms with van der Waals surface area (Å²) in [6.07, 6.45) is 1.86. The largest absolute Gasteiger partial charge is 0.481 e. The van der Waals surface area contributed by atoms with Crippen LogP contribution >= 0.6 is 11.3 Å². The van der Waals surface area contributed by atoms with E-state index in [1.807, 2.05) is 60.7 Å². The van der Waals surface area contributed by atoms with Crippen molar-refractivity contribution in [3.63, 3.8) is 0 Å².